The number of halogens is 1. The molecule has 1 N–H and O–H groups in total. The third-order valence-corrected chi connectivity index (χ3v) is 4.36. The molecule has 1 saturated heterocycles. The first-order valence-electron chi connectivity index (χ1n) is 7.44. The molecule has 1 aliphatic heterocycles. The maximum atomic E-state index is 12.2. The lowest BCUT2D eigenvalue weighted by Gasteiger charge is -2.16. The summed E-state index contributed by atoms with van der Waals surface area (Å²) >= 11 is 3.42. The van der Waals surface area contributed by atoms with E-state index in [1.165, 1.54) is 0 Å². The van der Waals surface area contributed by atoms with E-state index in [1.807, 2.05) is 24.3 Å². The zero-order chi connectivity index (χ0) is 16.2. The quantitative estimate of drug-likeness (QED) is 0.872. The van der Waals surface area contributed by atoms with E-state index in [0.717, 1.165) is 10.0 Å². The second-order valence-corrected chi connectivity index (χ2v) is 6.52. The van der Waals surface area contributed by atoms with E-state index >= 15 is 0 Å². The standard InChI is InChI=1S/C17H17BrN2O3/c18-14-4-1-3-12(7-14)10-20-11-13(8-16(20)21)17(22)19-9-15-5-2-6-23-15/h1-7,13H,8-11H2,(H,19,22)/t13-/m0/s1. The molecule has 0 unspecified atom stereocenters. The molecular weight excluding hydrogens is 360 g/mol. The van der Waals surface area contributed by atoms with Crippen molar-refractivity contribution >= 4 is 27.7 Å². The number of likely N-dealkylation sites (tertiary alicyclic amines) is 1. The van der Waals surface area contributed by atoms with E-state index < -0.39 is 0 Å². The van der Waals surface area contributed by atoms with Gasteiger partial charge in [0.1, 0.15) is 5.76 Å². The monoisotopic (exact) mass is 376 g/mol. The van der Waals surface area contributed by atoms with E-state index in [1.54, 1.807) is 23.3 Å². The fraction of sp³-hybridized carbons (Fsp3) is 0.294. The Morgan fingerprint density at radius 3 is 2.96 bits per heavy atom. The van der Waals surface area contributed by atoms with Crippen LogP contribution in [0.3, 0.4) is 0 Å². The number of furan rings is 1. The molecule has 0 aliphatic carbocycles. The number of hydrogen-bond donors (Lipinski definition) is 1. The summed E-state index contributed by atoms with van der Waals surface area (Å²) in [5.41, 5.74) is 1.05. The molecule has 5 nitrogen and oxygen atoms in total. The number of benzene rings is 1. The predicted octanol–water partition coefficient (Wildman–Crippen LogP) is 2.71. The van der Waals surface area contributed by atoms with Crippen LogP contribution in [0.5, 0.6) is 0 Å². The molecule has 1 aromatic heterocycles. The molecule has 2 amide bonds. The fourth-order valence-corrected chi connectivity index (χ4v) is 3.13. The van der Waals surface area contributed by atoms with Gasteiger partial charge in [-0.3, -0.25) is 9.59 Å². The Kier molecular flexibility index (Phi) is 4.81. The molecule has 0 bridgehead atoms. The minimum atomic E-state index is -0.301. The average Bonchev–Trinajstić information content (AvgIpc) is 3.15. The summed E-state index contributed by atoms with van der Waals surface area (Å²) in [5, 5.41) is 2.82. The number of nitrogens with zero attached hydrogens (tertiary/aromatic N) is 1. The van der Waals surface area contributed by atoms with Crippen molar-refractivity contribution in [2.75, 3.05) is 6.54 Å². The van der Waals surface area contributed by atoms with Crippen LogP contribution in [0.15, 0.2) is 51.6 Å². The lowest BCUT2D eigenvalue weighted by molar-refractivity contribution is -0.129. The highest BCUT2D eigenvalue weighted by Gasteiger charge is 2.34. The SMILES string of the molecule is O=C(NCc1ccco1)[C@H]1CC(=O)N(Cc2cccc(Br)c2)C1. The molecular formula is C17H17BrN2O3. The van der Waals surface area contributed by atoms with Crippen LogP contribution in [0, 0.1) is 5.92 Å². The summed E-state index contributed by atoms with van der Waals surface area (Å²) in [7, 11) is 0. The number of carbonyl (C=O) groups excluding carboxylic acids is 2. The number of carbonyl (C=O) groups is 2. The third-order valence-electron chi connectivity index (χ3n) is 3.86. The Hall–Kier alpha value is -2.08. The van der Waals surface area contributed by atoms with Gasteiger partial charge in [-0.1, -0.05) is 28.1 Å². The van der Waals surface area contributed by atoms with Crippen molar-refractivity contribution in [2.24, 2.45) is 5.92 Å². The lowest BCUT2D eigenvalue weighted by Crippen LogP contribution is -2.32. The highest BCUT2D eigenvalue weighted by molar-refractivity contribution is 9.10. The highest BCUT2D eigenvalue weighted by Crippen LogP contribution is 2.21. The molecule has 0 radical (unpaired) electrons. The molecule has 2 aromatic rings. The molecule has 6 heteroatoms. The van der Waals surface area contributed by atoms with Crippen LogP contribution in [0.1, 0.15) is 17.7 Å². The summed E-state index contributed by atoms with van der Waals surface area (Å²) in [6.45, 7) is 1.33. The van der Waals surface area contributed by atoms with Crippen molar-refractivity contribution in [3.05, 3.63) is 58.5 Å². The van der Waals surface area contributed by atoms with Crippen LogP contribution in [-0.4, -0.2) is 23.3 Å². The summed E-state index contributed by atoms with van der Waals surface area (Å²) in [6.07, 6.45) is 1.83. The topological polar surface area (TPSA) is 62.6 Å². The van der Waals surface area contributed by atoms with Crippen LogP contribution in [0.25, 0.3) is 0 Å². The van der Waals surface area contributed by atoms with Crippen molar-refractivity contribution in [3.8, 4) is 0 Å². The lowest BCUT2D eigenvalue weighted by atomic mass is 10.1. The van der Waals surface area contributed by atoms with E-state index in [9.17, 15) is 9.59 Å². The normalized spacial score (nSPS) is 17.5. The van der Waals surface area contributed by atoms with Gasteiger partial charge >= 0.3 is 0 Å². The molecule has 1 aliphatic rings. The largest absolute Gasteiger partial charge is 0.467 e. The molecule has 1 aromatic carbocycles. The Labute approximate surface area is 142 Å². The molecule has 0 saturated carbocycles. The zero-order valence-electron chi connectivity index (χ0n) is 12.5. The number of amides is 2. The van der Waals surface area contributed by atoms with Crippen LogP contribution < -0.4 is 5.32 Å². The van der Waals surface area contributed by atoms with Crippen molar-refractivity contribution in [2.45, 2.75) is 19.5 Å². The van der Waals surface area contributed by atoms with Gasteiger partial charge < -0.3 is 14.6 Å². The molecule has 2 heterocycles. The van der Waals surface area contributed by atoms with Gasteiger partial charge in [0.15, 0.2) is 0 Å². The average molecular weight is 377 g/mol. The van der Waals surface area contributed by atoms with Crippen LogP contribution in [-0.2, 0) is 22.7 Å². The Morgan fingerprint density at radius 2 is 2.22 bits per heavy atom. The first-order chi connectivity index (χ1) is 11.1. The van der Waals surface area contributed by atoms with Gasteiger partial charge in [-0.05, 0) is 29.8 Å². The Morgan fingerprint density at radius 1 is 1.35 bits per heavy atom. The van der Waals surface area contributed by atoms with Crippen molar-refractivity contribution in [3.63, 3.8) is 0 Å². The molecule has 1 atom stereocenters. The van der Waals surface area contributed by atoms with Gasteiger partial charge in [0, 0.05) is 24.0 Å². The van der Waals surface area contributed by atoms with Crippen LogP contribution in [0.4, 0.5) is 0 Å². The maximum Gasteiger partial charge on any atom is 0.225 e. The number of nitrogens with one attached hydrogen (secondary N) is 1. The molecule has 3 rings (SSSR count). The van der Waals surface area contributed by atoms with Gasteiger partial charge in [0.2, 0.25) is 11.8 Å². The summed E-state index contributed by atoms with van der Waals surface area (Å²) in [5.74, 6) is 0.313. The van der Waals surface area contributed by atoms with Gasteiger partial charge in [0.25, 0.3) is 0 Å². The van der Waals surface area contributed by atoms with Gasteiger partial charge in [-0.25, -0.2) is 0 Å². The van der Waals surface area contributed by atoms with E-state index in [0.29, 0.717) is 25.4 Å². The minimum absolute atomic E-state index is 0.0168. The fourth-order valence-electron chi connectivity index (χ4n) is 2.69. The van der Waals surface area contributed by atoms with Crippen LogP contribution >= 0.6 is 15.9 Å². The van der Waals surface area contributed by atoms with Gasteiger partial charge in [-0.15, -0.1) is 0 Å². The third kappa shape index (κ3) is 4.01. The maximum absolute atomic E-state index is 12.2. The minimum Gasteiger partial charge on any atom is -0.467 e. The molecule has 1 fully saturated rings. The van der Waals surface area contributed by atoms with Gasteiger partial charge in [-0.2, -0.15) is 0 Å². The predicted molar refractivity (Wildman–Crippen MR) is 88.2 cm³/mol. The van der Waals surface area contributed by atoms with Crippen molar-refractivity contribution < 1.29 is 14.0 Å². The summed E-state index contributed by atoms with van der Waals surface area (Å²) < 4.78 is 6.16. The summed E-state index contributed by atoms with van der Waals surface area (Å²) in [6, 6.07) is 11.4. The van der Waals surface area contributed by atoms with Crippen molar-refractivity contribution in [1.82, 2.24) is 10.2 Å². The number of hydrogen-bond acceptors (Lipinski definition) is 3. The van der Waals surface area contributed by atoms with E-state index in [4.69, 9.17) is 4.42 Å². The second kappa shape index (κ2) is 7.00. The van der Waals surface area contributed by atoms with E-state index in [-0.39, 0.29) is 24.2 Å². The van der Waals surface area contributed by atoms with Crippen LogP contribution in [0.2, 0.25) is 0 Å². The molecule has 0 spiro atoms. The van der Waals surface area contributed by atoms with Crippen molar-refractivity contribution in [1.29, 1.82) is 0 Å². The molecule has 120 valence electrons. The Bertz CT molecular complexity index is 700. The smallest absolute Gasteiger partial charge is 0.225 e. The second-order valence-electron chi connectivity index (χ2n) is 5.60. The first kappa shape index (κ1) is 15.8. The highest BCUT2D eigenvalue weighted by atomic mass is 79.9. The summed E-state index contributed by atoms with van der Waals surface area (Å²) in [4.78, 5) is 26.1. The first-order valence-corrected chi connectivity index (χ1v) is 8.23. The zero-order valence-corrected chi connectivity index (χ0v) is 14.1. The Balaban J connectivity index is 1.55. The van der Waals surface area contributed by atoms with E-state index in [2.05, 4.69) is 21.2 Å². The molecule has 23 heavy (non-hydrogen) atoms. The van der Waals surface area contributed by atoms with Gasteiger partial charge in [0.05, 0.1) is 18.7 Å². The number of rotatable bonds is 5.